The average molecular weight is 391 g/mol. The van der Waals surface area contributed by atoms with E-state index < -0.39 is 0 Å². The molecule has 1 saturated carbocycles. The van der Waals surface area contributed by atoms with E-state index in [0.717, 1.165) is 18.3 Å². The molecule has 1 fully saturated rings. The van der Waals surface area contributed by atoms with Crippen LogP contribution in [0.15, 0.2) is 48.5 Å². The smallest absolute Gasteiger partial charge is 0.00109 e. The Balaban J connectivity index is 0.000000551. The van der Waals surface area contributed by atoms with Gasteiger partial charge in [-0.25, -0.2) is 0 Å². The molecule has 2 aromatic carbocycles. The first-order valence-corrected chi connectivity index (χ1v) is 12.0. The van der Waals surface area contributed by atoms with E-state index in [1.807, 2.05) is 13.8 Å². The molecule has 2 aliphatic rings. The van der Waals surface area contributed by atoms with E-state index in [9.17, 15) is 0 Å². The van der Waals surface area contributed by atoms with Gasteiger partial charge in [0.25, 0.3) is 0 Å². The predicted octanol–water partition coefficient (Wildman–Crippen LogP) is 9.30. The fraction of sp³-hybridized carbons (Fsp3) is 0.517. The minimum atomic E-state index is 0.764. The van der Waals surface area contributed by atoms with Gasteiger partial charge in [-0.1, -0.05) is 109 Å². The number of rotatable bonds is 2. The summed E-state index contributed by atoms with van der Waals surface area (Å²) in [5, 5.41) is 0. The fourth-order valence-corrected chi connectivity index (χ4v) is 4.65. The normalized spacial score (nSPS) is 20.6. The Morgan fingerprint density at radius 3 is 2.31 bits per heavy atom. The number of hydrogen-bond donors (Lipinski definition) is 0. The zero-order chi connectivity index (χ0) is 21.2. The lowest BCUT2D eigenvalue weighted by atomic mass is 9.88. The van der Waals surface area contributed by atoms with E-state index in [2.05, 4.69) is 76.2 Å². The van der Waals surface area contributed by atoms with Gasteiger partial charge in [-0.2, -0.15) is 0 Å². The zero-order valence-electron chi connectivity index (χ0n) is 19.7. The van der Waals surface area contributed by atoms with Crippen molar-refractivity contribution in [3.63, 3.8) is 0 Å². The molecule has 0 nitrogen and oxygen atoms in total. The van der Waals surface area contributed by atoms with Crippen LogP contribution in [0.25, 0.3) is 11.1 Å². The summed E-state index contributed by atoms with van der Waals surface area (Å²) < 4.78 is 0. The molecule has 2 atom stereocenters. The Hall–Kier alpha value is -1.82. The van der Waals surface area contributed by atoms with Gasteiger partial charge >= 0.3 is 0 Å². The van der Waals surface area contributed by atoms with E-state index in [-0.39, 0.29) is 0 Å². The monoisotopic (exact) mass is 390 g/mol. The molecule has 0 radical (unpaired) electrons. The van der Waals surface area contributed by atoms with Gasteiger partial charge in [-0.05, 0) is 71.4 Å². The van der Waals surface area contributed by atoms with Crippen LogP contribution < -0.4 is 0 Å². The second-order valence-electron chi connectivity index (χ2n) is 8.58. The Labute approximate surface area is 180 Å². The van der Waals surface area contributed by atoms with Crippen LogP contribution in [0.2, 0.25) is 0 Å². The molecule has 0 heterocycles. The maximum absolute atomic E-state index is 2.49. The molecule has 2 unspecified atom stereocenters. The molecule has 2 aromatic rings. The molecular formula is C29H42. The summed E-state index contributed by atoms with van der Waals surface area (Å²) in [5.74, 6) is 1.67. The Morgan fingerprint density at radius 2 is 1.59 bits per heavy atom. The lowest BCUT2D eigenvalue weighted by Gasteiger charge is -2.16. The lowest BCUT2D eigenvalue weighted by Crippen LogP contribution is -1.99. The molecule has 29 heavy (non-hydrogen) atoms. The molecule has 0 heteroatoms. The summed E-state index contributed by atoms with van der Waals surface area (Å²) >= 11 is 0. The highest BCUT2D eigenvalue weighted by atomic mass is 14.3. The first-order valence-electron chi connectivity index (χ1n) is 12.0. The summed E-state index contributed by atoms with van der Waals surface area (Å²) in [5.41, 5.74) is 8.94. The van der Waals surface area contributed by atoms with Crippen molar-refractivity contribution in [1.29, 1.82) is 0 Å². The first kappa shape index (κ1) is 23.5. The predicted molar refractivity (Wildman–Crippen MR) is 131 cm³/mol. The third-order valence-corrected chi connectivity index (χ3v) is 6.21. The van der Waals surface area contributed by atoms with Gasteiger partial charge in [-0.15, -0.1) is 0 Å². The van der Waals surface area contributed by atoms with Crippen LogP contribution in [0.5, 0.6) is 0 Å². The molecule has 0 N–H and O–H groups in total. The molecule has 0 amide bonds. The van der Waals surface area contributed by atoms with Gasteiger partial charge < -0.3 is 0 Å². The molecule has 158 valence electrons. The third kappa shape index (κ3) is 6.08. The van der Waals surface area contributed by atoms with E-state index in [1.54, 1.807) is 5.56 Å². The summed E-state index contributed by atoms with van der Waals surface area (Å²) in [6.07, 6.45) is 9.27. The second kappa shape index (κ2) is 12.0. The molecular weight excluding hydrogens is 348 g/mol. The molecule has 2 aliphatic carbocycles. The Kier molecular flexibility index (Phi) is 9.71. The topological polar surface area (TPSA) is 0 Å². The van der Waals surface area contributed by atoms with Crippen LogP contribution in [0.3, 0.4) is 0 Å². The van der Waals surface area contributed by atoms with Crippen LogP contribution in [0.1, 0.15) is 108 Å². The highest BCUT2D eigenvalue weighted by Gasteiger charge is 2.21. The lowest BCUT2D eigenvalue weighted by molar-refractivity contribution is 0.499. The summed E-state index contributed by atoms with van der Waals surface area (Å²) in [7, 11) is 0. The standard InChI is InChI=1S/C24H28.C3H8.C2H6/c1-17-7-5-9-19(14-13-17)20-10-6-11-21(15-20)24-16-22-8-3-4-12-23(22)18(24)2;1-3-2;1-2/h3-4,6,8,10-12,15,17,19H,5,7,9,13-14,16H2,1-2H3;3H2,1-2H3;1-2H3. The van der Waals surface area contributed by atoms with Gasteiger partial charge in [0.15, 0.2) is 0 Å². The van der Waals surface area contributed by atoms with Gasteiger partial charge in [0.05, 0.1) is 0 Å². The fourth-order valence-electron chi connectivity index (χ4n) is 4.65. The van der Waals surface area contributed by atoms with Crippen molar-refractivity contribution in [2.45, 2.75) is 92.4 Å². The third-order valence-electron chi connectivity index (χ3n) is 6.21. The highest BCUT2D eigenvalue weighted by Crippen LogP contribution is 2.40. The number of hydrogen-bond acceptors (Lipinski definition) is 0. The Bertz CT molecular complexity index is 780. The summed E-state index contributed by atoms with van der Waals surface area (Å²) in [6.45, 7) is 13.0. The van der Waals surface area contributed by atoms with Crippen molar-refractivity contribution in [3.05, 3.63) is 70.8 Å². The largest absolute Gasteiger partial charge is 0.0683 e. The highest BCUT2D eigenvalue weighted by molar-refractivity contribution is 5.96. The van der Waals surface area contributed by atoms with Crippen LogP contribution in [0, 0.1) is 5.92 Å². The minimum Gasteiger partial charge on any atom is -0.0683 e. The van der Waals surface area contributed by atoms with Crippen LogP contribution >= 0.6 is 0 Å². The molecule has 4 rings (SSSR count). The zero-order valence-corrected chi connectivity index (χ0v) is 19.7. The van der Waals surface area contributed by atoms with Crippen LogP contribution in [-0.2, 0) is 6.42 Å². The molecule has 0 aliphatic heterocycles. The van der Waals surface area contributed by atoms with Crippen molar-refractivity contribution in [2.24, 2.45) is 5.92 Å². The van der Waals surface area contributed by atoms with Crippen molar-refractivity contribution in [1.82, 2.24) is 0 Å². The average Bonchev–Trinajstić information content (AvgIpc) is 2.93. The number of allylic oxidation sites excluding steroid dienone is 2. The van der Waals surface area contributed by atoms with Crippen molar-refractivity contribution < 1.29 is 0 Å². The van der Waals surface area contributed by atoms with Crippen LogP contribution in [0.4, 0.5) is 0 Å². The molecule has 0 spiro atoms. The van der Waals surface area contributed by atoms with Crippen molar-refractivity contribution in [3.8, 4) is 0 Å². The quantitative estimate of drug-likeness (QED) is 0.448. The van der Waals surface area contributed by atoms with Gasteiger partial charge in [0, 0.05) is 0 Å². The van der Waals surface area contributed by atoms with Gasteiger partial charge in [-0.3, -0.25) is 0 Å². The van der Waals surface area contributed by atoms with Crippen LogP contribution in [-0.4, -0.2) is 0 Å². The molecule has 0 saturated heterocycles. The maximum atomic E-state index is 2.49. The summed E-state index contributed by atoms with van der Waals surface area (Å²) in [6, 6.07) is 18.3. The maximum Gasteiger partial charge on any atom is -0.00109 e. The minimum absolute atomic E-state index is 0.764. The second-order valence-corrected chi connectivity index (χ2v) is 8.58. The van der Waals surface area contributed by atoms with Crippen molar-refractivity contribution >= 4 is 11.1 Å². The van der Waals surface area contributed by atoms with E-state index in [1.165, 1.54) is 66.4 Å². The van der Waals surface area contributed by atoms with Gasteiger partial charge in [0.1, 0.15) is 0 Å². The van der Waals surface area contributed by atoms with Crippen molar-refractivity contribution in [2.75, 3.05) is 0 Å². The van der Waals surface area contributed by atoms with E-state index in [4.69, 9.17) is 0 Å². The molecule has 0 aromatic heterocycles. The molecule has 0 bridgehead atoms. The number of fused-ring (bicyclic) bond motifs is 1. The number of benzene rings is 2. The van der Waals surface area contributed by atoms with Gasteiger partial charge in [0.2, 0.25) is 0 Å². The summed E-state index contributed by atoms with van der Waals surface area (Å²) in [4.78, 5) is 0. The van der Waals surface area contributed by atoms with E-state index >= 15 is 0 Å². The first-order chi connectivity index (χ1) is 14.1. The SMILES string of the molecule is CC.CC1=C(c2cccc(C3CCCC(C)CC3)c2)Cc2ccccc21.CCC. The Morgan fingerprint density at radius 1 is 0.862 bits per heavy atom. The van der Waals surface area contributed by atoms with E-state index in [0.29, 0.717) is 0 Å².